The van der Waals surface area contributed by atoms with Gasteiger partial charge in [0.2, 0.25) is 11.8 Å². The molecule has 0 unspecified atom stereocenters. The zero-order chi connectivity index (χ0) is 13.2. The van der Waals surface area contributed by atoms with Gasteiger partial charge in [0.15, 0.2) is 0 Å². The lowest BCUT2D eigenvalue weighted by Crippen LogP contribution is -2.20. The third-order valence-corrected chi connectivity index (χ3v) is 4.56. The number of aromatic nitrogens is 1. The van der Waals surface area contributed by atoms with Crippen LogP contribution >= 0.6 is 0 Å². The number of ether oxygens (including phenoxy) is 1. The summed E-state index contributed by atoms with van der Waals surface area (Å²) in [6.45, 7) is 0. The lowest BCUT2D eigenvalue weighted by molar-refractivity contribution is -0.117. The Balaban J connectivity index is 1.53. The number of amides is 1. The Hall–Kier alpha value is -1.58. The Kier molecular flexibility index (Phi) is 3.40. The summed E-state index contributed by atoms with van der Waals surface area (Å²) in [5.74, 6) is 2.97. The Morgan fingerprint density at radius 3 is 2.89 bits per heavy atom. The number of hydrogen-bond donors (Lipinski definition) is 1. The summed E-state index contributed by atoms with van der Waals surface area (Å²) in [4.78, 5) is 16.1. The summed E-state index contributed by atoms with van der Waals surface area (Å²) in [6, 6.07) is 3.58. The zero-order valence-corrected chi connectivity index (χ0v) is 11.3. The van der Waals surface area contributed by atoms with Gasteiger partial charge in [-0.15, -0.1) is 0 Å². The fourth-order valence-electron chi connectivity index (χ4n) is 3.65. The molecule has 0 saturated heterocycles. The standard InChI is InChI=1S/C15H20N2O2/c1-19-15-5-4-13(9-16-15)17-14(18)8-12-7-10-2-3-11(12)6-10/h4-5,9-12H,2-3,6-8H2,1H3,(H,17,18)/t10-,11+,12-/m0/s1. The molecule has 3 rings (SSSR count). The Morgan fingerprint density at radius 1 is 1.42 bits per heavy atom. The molecule has 1 amide bonds. The molecule has 0 spiro atoms. The van der Waals surface area contributed by atoms with Crippen molar-refractivity contribution in [3.8, 4) is 5.88 Å². The summed E-state index contributed by atoms with van der Waals surface area (Å²) in [6.07, 6.45) is 7.60. The van der Waals surface area contributed by atoms with E-state index in [0.717, 1.165) is 17.5 Å². The molecule has 2 saturated carbocycles. The minimum Gasteiger partial charge on any atom is -0.481 e. The highest BCUT2D eigenvalue weighted by atomic mass is 16.5. The highest BCUT2D eigenvalue weighted by Crippen LogP contribution is 2.49. The summed E-state index contributed by atoms with van der Waals surface area (Å²) >= 11 is 0. The van der Waals surface area contributed by atoms with E-state index in [-0.39, 0.29) is 5.91 Å². The fraction of sp³-hybridized carbons (Fsp3) is 0.600. The van der Waals surface area contributed by atoms with E-state index in [1.807, 2.05) is 6.07 Å². The maximum Gasteiger partial charge on any atom is 0.224 e. The second-order valence-corrected chi connectivity index (χ2v) is 5.78. The number of hydrogen-bond acceptors (Lipinski definition) is 3. The first-order chi connectivity index (χ1) is 9.24. The van der Waals surface area contributed by atoms with E-state index in [2.05, 4.69) is 10.3 Å². The van der Waals surface area contributed by atoms with Crippen molar-refractivity contribution in [2.24, 2.45) is 17.8 Å². The van der Waals surface area contributed by atoms with Crippen molar-refractivity contribution in [3.63, 3.8) is 0 Å². The normalized spacial score (nSPS) is 28.4. The quantitative estimate of drug-likeness (QED) is 0.905. The predicted octanol–water partition coefficient (Wildman–Crippen LogP) is 2.86. The van der Waals surface area contributed by atoms with E-state index in [1.165, 1.54) is 25.7 Å². The molecule has 102 valence electrons. The molecule has 4 heteroatoms. The van der Waals surface area contributed by atoms with Crippen molar-refractivity contribution in [1.82, 2.24) is 4.98 Å². The molecule has 0 aromatic carbocycles. The molecule has 4 nitrogen and oxygen atoms in total. The number of fused-ring (bicyclic) bond motifs is 2. The van der Waals surface area contributed by atoms with Crippen LogP contribution in [0, 0.1) is 17.8 Å². The Morgan fingerprint density at radius 2 is 2.32 bits per heavy atom. The largest absolute Gasteiger partial charge is 0.481 e. The monoisotopic (exact) mass is 260 g/mol. The fourth-order valence-corrected chi connectivity index (χ4v) is 3.65. The van der Waals surface area contributed by atoms with Crippen molar-refractivity contribution in [2.75, 3.05) is 12.4 Å². The third-order valence-electron chi connectivity index (χ3n) is 4.56. The van der Waals surface area contributed by atoms with Crippen molar-refractivity contribution in [2.45, 2.75) is 32.1 Å². The first kappa shape index (κ1) is 12.5. The summed E-state index contributed by atoms with van der Waals surface area (Å²) in [5, 5.41) is 2.92. The number of carbonyl (C=O) groups excluding carboxylic acids is 1. The average Bonchev–Trinajstić information content (AvgIpc) is 3.02. The molecule has 2 bridgehead atoms. The van der Waals surface area contributed by atoms with Gasteiger partial charge in [-0.3, -0.25) is 4.79 Å². The molecule has 1 N–H and O–H groups in total. The number of methoxy groups -OCH3 is 1. The van der Waals surface area contributed by atoms with Crippen LogP contribution in [0.4, 0.5) is 5.69 Å². The SMILES string of the molecule is COc1ccc(NC(=O)C[C@@H]2C[C@H]3CC[C@@H]2C3)cn1. The smallest absolute Gasteiger partial charge is 0.224 e. The average molecular weight is 260 g/mol. The second kappa shape index (κ2) is 5.19. The number of anilines is 1. The van der Waals surface area contributed by atoms with Crippen molar-refractivity contribution < 1.29 is 9.53 Å². The van der Waals surface area contributed by atoms with E-state index in [4.69, 9.17) is 4.74 Å². The first-order valence-corrected chi connectivity index (χ1v) is 7.04. The first-order valence-electron chi connectivity index (χ1n) is 7.04. The van der Waals surface area contributed by atoms with Crippen LogP contribution in [-0.4, -0.2) is 18.0 Å². The van der Waals surface area contributed by atoms with E-state index in [1.54, 1.807) is 19.4 Å². The second-order valence-electron chi connectivity index (χ2n) is 5.78. The molecular weight excluding hydrogens is 240 g/mol. The van der Waals surface area contributed by atoms with Crippen molar-refractivity contribution in [1.29, 1.82) is 0 Å². The lowest BCUT2D eigenvalue weighted by Gasteiger charge is -2.20. The zero-order valence-electron chi connectivity index (χ0n) is 11.3. The molecule has 2 fully saturated rings. The van der Waals surface area contributed by atoms with Gasteiger partial charge in [0.05, 0.1) is 19.0 Å². The third kappa shape index (κ3) is 2.72. The number of nitrogens with one attached hydrogen (secondary N) is 1. The number of nitrogens with zero attached hydrogens (tertiary/aromatic N) is 1. The van der Waals surface area contributed by atoms with E-state index >= 15 is 0 Å². The highest BCUT2D eigenvalue weighted by Gasteiger charge is 2.40. The molecule has 1 aromatic heterocycles. The molecule has 3 atom stereocenters. The van der Waals surface area contributed by atoms with Gasteiger partial charge in [0, 0.05) is 12.5 Å². The van der Waals surface area contributed by atoms with Crippen LogP contribution in [0.25, 0.3) is 0 Å². The predicted molar refractivity (Wildman–Crippen MR) is 73.0 cm³/mol. The highest BCUT2D eigenvalue weighted by molar-refractivity contribution is 5.90. The number of rotatable bonds is 4. The van der Waals surface area contributed by atoms with Crippen LogP contribution in [0.2, 0.25) is 0 Å². The Labute approximate surface area is 113 Å². The molecular formula is C15H20N2O2. The summed E-state index contributed by atoms with van der Waals surface area (Å²) in [7, 11) is 1.58. The van der Waals surface area contributed by atoms with Crippen molar-refractivity contribution >= 4 is 11.6 Å². The molecule has 0 aliphatic heterocycles. The van der Waals surface area contributed by atoms with Crippen LogP contribution in [0.1, 0.15) is 32.1 Å². The van der Waals surface area contributed by atoms with Gasteiger partial charge >= 0.3 is 0 Å². The van der Waals surface area contributed by atoms with Gasteiger partial charge in [0.1, 0.15) is 0 Å². The van der Waals surface area contributed by atoms with E-state index in [0.29, 0.717) is 18.2 Å². The van der Waals surface area contributed by atoms with Crippen LogP contribution in [0.15, 0.2) is 18.3 Å². The topological polar surface area (TPSA) is 51.2 Å². The minimum absolute atomic E-state index is 0.115. The summed E-state index contributed by atoms with van der Waals surface area (Å²) in [5.41, 5.74) is 0.744. The molecule has 19 heavy (non-hydrogen) atoms. The van der Waals surface area contributed by atoms with Gasteiger partial charge in [-0.1, -0.05) is 6.42 Å². The van der Waals surface area contributed by atoms with Gasteiger partial charge in [-0.2, -0.15) is 0 Å². The maximum absolute atomic E-state index is 12.0. The minimum atomic E-state index is 0.115. The van der Waals surface area contributed by atoms with Crippen molar-refractivity contribution in [3.05, 3.63) is 18.3 Å². The van der Waals surface area contributed by atoms with Crippen LogP contribution in [0.3, 0.4) is 0 Å². The number of carbonyl (C=O) groups is 1. The van der Waals surface area contributed by atoms with Crippen LogP contribution in [0.5, 0.6) is 5.88 Å². The summed E-state index contributed by atoms with van der Waals surface area (Å²) < 4.78 is 4.99. The van der Waals surface area contributed by atoms with E-state index in [9.17, 15) is 4.79 Å². The molecule has 1 aromatic rings. The van der Waals surface area contributed by atoms with Gasteiger partial charge < -0.3 is 10.1 Å². The van der Waals surface area contributed by atoms with Crippen LogP contribution in [-0.2, 0) is 4.79 Å². The van der Waals surface area contributed by atoms with Gasteiger partial charge in [-0.25, -0.2) is 4.98 Å². The van der Waals surface area contributed by atoms with Gasteiger partial charge in [0.25, 0.3) is 0 Å². The molecule has 0 radical (unpaired) electrons. The molecule has 2 aliphatic carbocycles. The number of pyridine rings is 1. The molecule has 2 aliphatic rings. The van der Waals surface area contributed by atoms with Gasteiger partial charge in [-0.05, 0) is 43.1 Å². The maximum atomic E-state index is 12.0. The lowest BCUT2D eigenvalue weighted by atomic mass is 9.86. The Bertz CT molecular complexity index is 458. The van der Waals surface area contributed by atoms with Crippen LogP contribution < -0.4 is 10.1 Å². The molecule has 1 heterocycles. The van der Waals surface area contributed by atoms with E-state index < -0.39 is 0 Å².